The normalized spacial score (nSPS) is 10.2. The van der Waals surface area contributed by atoms with Crippen molar-refractivity contribution in [2.45, 2.75) is 26.9 Å². The maximum absolute atomic E-state index is 5.74. The van der Waals surface area contributed by atoms with Crippen molar-refractivity contribution in [2.75, 3.05) is 18.5 Å². The molecule has 1 aromatic heterocycles. The monoisotopic (exact) mass is 286 g/mol. The van der Waals surface area contributed by atoms with Gasteiger partial charge in [-0.2, -0.15) is 0 Å². The molecule has 112 valence electrons. The van der Waals surface area contributed by atoms with Gasteiger partial charge in [0.15, 0.2) is 0 Å². The molecule has 0 unspecified atom stereocenters. The largest absolute Gasteiger partial charge is 0.494 e. The maximum atomic E-state index is 5.74. The molecule has 4 heteroatoms. The third-order valence-corrected chi connectivity index (χ3v) is 2.92. The van der Waals surface area contributed by atoms with Crippen molar-refractivity contribution in [3.63, 3.8) is 0 Å². The summed E-state index contributed by atoms with van der Waals surface area (Å²) in [6, 6.07) is 11.6. The Balaban J connectivity index is 1.90. The van der Waals surface area contributed by atoms with E-state index in [-0.39, 0.29) is 0 Å². The van der Waals surface area contributed by atoms with Gasteiger partial charge >= 0.3 is 0 Å². The van der Waals surface area contributed by atoms with E-state index in [2.05, 4.69) is 17.2 Å². The zero-order valence-electron chi connectivity index (χ0n) is 12.6. The number of aromatic nitrogens is 1. The van der Waals surface area contributed by atoms with E-state index < -0.39 is 0 Å². The van der Waals surface area contributed by atoms with Gasteiger partial charge in [0.25, 0.3) is 0 Å². The number of anilines is 1. The Morgan fingerprint density at radius 3 is 2.38 bits per heavy atom. The lowest BCUT2D eigenvalue weighted by molar-refractivity contribution is 0.299. The van der Waals surface area contributed by atoms with E-state index in [4.69, 9.17) is 9.47 Å². The van der Waals surface area contributed by atoms with Crippen LogP contribution in [0.2, 0.25) is 0 Å². The van der Waals surface area contributed by atoms with Crippen LogP contribution in [-0.2, 0) is 6.61 Å². The van der Waals surface area contributed by atoms with Crippen LogP contribution in [0.25, 0.3) is 0 Å². The van der Waals surface area contributed by atoms with Gasteiger partial charge in [0.2, 0.25) is 0 Å². The zero-order chi connectivity index (χ0) is 14.9. The van der Waals surface area contributed by atoms with Crippen LogP contribution in [0.15, 0.2) is 42.6 Å². The van der Waals surface area contributed by atoms with E-state index in [9.17, 15) is 0 Å². The van der Waals surface area contributed by atoms with Crippen molar-refractivity contribution in [1.29, 1.82) is 0 Å². The number of benzene rings is 1. The molecule has 1 aromatic carbocycles. The molecule has 1 heterocycles. The Bertz CT molecular complexity index is 541. The fraction of sp³-hybridized carbons (Fsp3) is 0.353. The van der Waals surface area contributed by atoms with Gasteiger partial charge < -0.3 is 14.8 Å². The zero-order valence-corrected chi connectivity index (χ0v) is 12.6. The molecule has 0 amide bonds. The van der Waals surface area contributed by atoms with Crippen LogP contribution in [-0.4, -0.2) is 18.1 Å². The summed E-state index contributed by atoms with van der Waals surface area (Å²) in [7, 11) is 0. The minimum atomic E-state index is 0.454. The van der Waals surface area contributed by atoms with Crippen molar-refractivity contribution in [1.82, 2.24) is 4.98 Å². The highest BCUT2D eigenvalue weighted by atomic mass is 16.5. The predicted octanol–water partition coefficient (Wildman–Crippen LogP) is 3.88. The third-order valence-electron chi connectivity index (χ3n) is 2.92. The molecule has 0 atom stereocenters. The molecule has 0 aliphatic heterocycles. The van der Waals surface area contributed by atoms with Crippen molar-refractivity contribution in [2.24, 2.45) is 0 Å². The summed E-state index contributed by atoms with van der Waals surface area (Å²) in [4.78, 5) is 4.32. The lowest BCUT2D eigenvalue weighted by Gasteiger charge is -2.09. The van der Waals surface area contributed by atoms with E-state index in [1.807, 2.05) is 43.3 Å². The second-order valence-corrected chi connectivity index (χ2v) is 4.66. The number of ether oxygens (including phenoxy) is 2. The predicted molar refractivity (Wildman–Crippen MR) is 85.0 cm³/mol. The van der Waals surface area contributed by atoms with Crippen LogP contribution < -0.4 is 14.8 Å². The molecular weight excluding hydrogens is 264 g/mol. The Kier molecular flexibility index (Phi) is 5.88. The van der Waals surface area contributed by atoms with Gasteiger partial charge in [-0.15, -0.1) is 0 Å². The van der Waals surface area contributed by atoms with Gasteiger partial charge in [0.1, 0.15) is 18.1 Å². The van der Waals surface area contributed by atoms with Crippen LogP contribution in [0.4, 0.5) is 5.69 Å². The molecule has 2 aromatic rings. The van der Waals surface area contributed by atoms with Crippen molar-refractivity contribution in [3.8, 4) is 11.5 Å². The van der Waals surface area contributed by atoms with Crippen LogP contribution in [0.1, 0.15) is 26.0 Å². The first kappa shape index (κ1) is 15.2. The Morgan fingerprint density at radius 2 is 1.71 bits per heavy atom. The van der Waals surface area contributed by atoms with Crippen molar-refractivity contribution < 1.29 is 9.47 Å². The van der Waals surface area contributed by atoms with Gasteiger partial charge in [-0.05, 0) is 49.7 Å². The van der Waals surface area contributed by atoms with E-state index in [0.29, 0.717) is 13.2 Å². The summed E-state index contributed by atoms with van der Waals surface area (Å²) in [6.45, 7) is 6.19. The van der Waals surface area contributed by atoms with Crippen molar-refractivity contribution in [3.05, 3.63) is 48.3 Å². The third kappa shape index (κ3) is 4.99. The molecule has 2 rings (SSSR count). The molecule has 4 nitrogen and oxygen atoms in total. The fourth-order valence-corrected chi connectivity index (χ4v) is 1.89. The maximum Gasteiger partial charge on any atom is 0.130 e. The lowest BCUT2D eigenvalue weighted by atomic mass is 10.3. The first-order chi connectivity index (χ1) is 10.3. The average molecular weight is 286 g/mol. The number of nitrogens with one attached hydrogen (secondary N) is 1. The number of pyridine rings is 1. The van der Waals surface area contributed by atoms with E-state index >= 15 is 0 Å². The SMILES string of the molecule is CCCNc1ccnc(COc2ccc(OCC)cc2)c1. The van der Waals surface area contributed by atoms with E-state index in [1.54, 1.807) is 6.20 Å². The Hall–Kier alpha value is -2.23. The molecule has 0 fully saturated rings. The van der Waals surface area contributed by atoms with Gasteiger partial charge in [0.05, 0.1) is 12.3 Å². The minimum absolute atomic E-state index is 0.454. The molecule has 0 saturated carbocycles. The number of hydrogen-bond acceptors (Lipinski definition) is 4. The number of nitrogens with zero attached hydrogens (tertiary/aromatic N) is 1. The average Bonchev–Trinajstić information content (AvgIpc) is 2.53. The summed E-state index contributed by atoms with van der Waals surface area (Å²) in [5.74, 6) is 1.67. The lowest BCUT2D eigenvalue weighted by Crippen LogP contribution is -2.03. The first-order valence-corrected chi connectivity index (χ1v) is 7.36. The van der Waals surface area contributed by atoms with Crippen LogP contribution in [0, 0.1) is 0 Å². The quantitative estimate of drug-likeness (QED) is 0.799. The molecule has 21 heavy (non-hydrogen) atoms. The summed E-state index contributed by atoms with van der Waals surface area (Å²) < 4.78 is 11.1. The van der Waals surface area contributed by atoms with Gasteiger partial charge in [-0.25, -0.2) is 0 Å². The molecule has 0 saturated heterocycles. The molecular formula is C17H22N2O2. The number of rotatable bonds is 8. The summed E-state index contributed by atoms with van der Waals surface area (Å²) in [6.07, 6.45) is 2.90. The topological polar surface area (TPSA) is 43.4 Å². The van der Waals surface area contributed by atoms with Gasteiger partial charge in [0, 0.05) is 18.4 Å². The smallest absolute Gasteiger partial charge is 0.130 e. The second-order valence-electron chi connectivity index (χ2n) is 4.66. The molecule has 0 radical (unpaired) electrons. The molecule has 1 N–H and O–H groups in total. The number of hydrogen-bond donors (Lipinski definition) is 1. The molecule has 0 bridgehead atoms. The van der Waals surface area contributed by atoms with E-state index in [1.165, 1.54) is 0 Å². The minimum Gasteiger partial charge on any atom is -0.494 e. The highest BCUT2D eigenvalue weighted by Gasteiger charge is 2.00. The summed E-state index contributed by atoms with van der Waals surface area (Å²) in [5, 5.41) is 3.34. The van der Waals surface area contributed by atoms with E-state index in [0.717, 1.165) is 35.8 Å². The molecule has 0 aliphatic rings. The van der Waals surface area contributed by atoms with Crippen molar-refractivity contribution >= 4 is 5.69 Å². The van der Waals surface area contributed by atoms with Crippen LogP contribution in [0.5, 0.6) is 11.5 Å². The van der Waals surface area contributed by atoms with Gasteiger partial charge in [-0.1, -0.05) is 6.92 Å². The fourth-order valence-electron chi connectivity index (χ4n) is 1.89. The van der Waals surface area contributed by atoms with Crippen LogP contribution >= 0.6 is 0 Å². The summed E-state index contributed by atoms with van der Waals surface area (Å²) in [5.41, 5.74) is 1.99. The standard InChI is InChI=1S/C17H22N2O2/c1-3-10-18-14-9-11-19-15(12-14)13-21-17-7-5-16(6-8-17)20-4-2/h5-9,11-12H,3-4,10,13H2,1-2H3,(H,18,19). The van der Waals surface area contributed by atoms with Crippen LogP contribution in [0.3, 0.4) is 0 Å². The summed E-state index contributed by atoms with van der Waals surface area (Å²) >= 11 is 0. The highest BCUT2D eigenvalue weighted by molar-refractivity contribution is 5.43. The highest BCUT2D eigenvalue weighted by Crippen LogP contribution is 2.18. The second kappa shape index (κ2) is 8.15. The Morgan fingerprint density at radius 1 is 1.00 bits per heavy atom. The first-order valence-electron chi connectivity index (χ1n) is 7.36. The molecule has 0 aliphatic carbocycles. The molecule has 0 spiro atoms. The van der Waals surface area contributed by atoms with Gasteiger partial charge in [-0.3, -0.25) is 4.98 Å². The Labute approximate surface area is 126 Å².